The second kappa shape index (κ2) is 8.28. The van der Waals surface area contributed by atoms with Crippen molar-refractivity contribution in [3.05, 3.63) is 63.6 Å². The van der Waals surface area contributed by atoms with Crippen molar-refractivity contribution in [2.45, 2.75) is 37.2 Å². The first-order valence-corrected chi connectivity index (χ1v) is 10.7. The van der Waals surface area contributed by atoms with Gasteiger partial charge >= 0.3 is 0 Å². The van der Waals surface area contributed by atoms with Crippen molar-refractivity contribution in [3.8, 4) is 0 Å². The smallest absolute Gasteiger partial charge is 0.243 e. The summed E-state index contributed by atoms with van der Waals surface area (Å²) in [4.78, 5) is 0.301. The van der Waals surface area contributed by atoms with Gasteiger partial charge < -0.3 is 4.74 Å². The fraction of sp³-hybridized carbons (Fsp3) is 0.368. The first-order chi connectivity index (χ1) is 12.4. The van der Waals surface area contributed by atoms with Gasteiger partial charge in [-0.3, -0.25) is 0 Å². The summed E-state index contributed by atoms with van der Waals surface area (Å²) < 4.78 is 33.6. The van der Waals surface area contributed by atoms with E-state index >= 15 is 0 Å². The average molecular weight is 414 g/mol. The molecule has 0 aromatic heterocycles. The summed E-state index contributed by atoms with van der Waals surface area (Å²) in [5.74, 6) is 0. The van der Waals surface area contributed by atoms with Gasteiger partial charge in [-0.2, -0.15) is 4.31 Å². The lowest BCUT2D eigenvalue weighted by atomic mass is 10.1. The fourth-order valence-corrected chi connectivity index (χ4v) is 5.04. The summed E-state index contributed by atoms with van der Waals surface area (Å²) in [6, 6.07) is 12.1. The predicted octanol–water partition coefficient (Wildman–Crippen LogP) is 4.67. The van der Waals surface area contributed by atoms with Crippen LogP contribution in [-0.4, -0.2) is 32.0 Å². The standard InChI is InChI=1S/C19H21Cl2NO3S/c1-14-2-5-17(6-3-14)26(23,24)22(16-8-10-25-11-9-16)13-15-4-7-18(20)19(21)12-15/h2-7,12,16H,8-11,13H2,1H3. The summed E-state index contributed by atoms with van der Waals surface area (Å²) in [6.07, 6.45) is 1.35. The maximum absolute atomic E-state index is 13.3. The van der Waals surface area contributed by atoms with Crippen molar-refractivity contribution < 1.29 is 13.2 Å². The molecule has 1 saturated heterocycles. The topological polar surface area (TPSA) is 46.6 Å². The second-order valence-corrected chi connectivity index (χ2v) is 9.16. The predicted molar refractivity (Wildman–Crippen MR) is 104 cm³/mol. The van der Waals surface area contributed by atoms with Crippen molar-refractivity contribution >= 4 is 33.2 Å². The van der Waals surface area contributed by atoms with Crippen LogP contribution in [-0.2, 0) is 21.3 Å². The van der Waals surface area contributed by atoms with E-state index in [1.165, 1.54) is 0 Å². The fourth-order valence-electron chi connectivity index (χ4n) is 3.05. The minimum atomic E-state index is -3.64. The van der Waals surface area contributed by atoms with Crippen molar-refractivity contribution in [3.63, 3.8) is 0 Å². The zero-order valence-electron chi connectivity index (χ0n) is 14.5. The van der Waals surface area contributed by atoms with E-state index in [0.29, 0.717) is 41.0 Å². The normalized spacial score (nSPS) is 16.2. The van der Waals surface area contributed by atoms with Crippen molar-refractivity contribution in [2.75, 3.05) is 13.2 Å². The molecule has 0 radical (unpaired) electrons. The Balaban J connectivity index is 1.96. The van der Waals surface area contributed by atoms with Gasteiger partial charge in [0.05, 0.1) is 14.9 Å². The molecule has 0 bridgehead atoms. The van der Waals surface area contributed by atoms with Gasteiger partial charge in [-0.15, -0.1) is 0 Å². The summed E-state index contributed by atoms with van der Waals surface area (Å²) in [5.41, 5.74) is 1.83. The molecule has 1 aliphatic heterocycles. The van der Waals surface area contributed by atoms with E-state index in [4.69, 9.17) is 27.9 Å². The summed E-state index contributed by atoms with van der Waals surface area (Å²) >= 11 is 12.1. The zero-order chi connectivity index (χ0) is 18.7. The van der Waals surface area contributed by atoms with Crippen LogP contribution in [0.5, 0.6) is 0 Å². The van der Waals surface area contributed by atoms with Gasteiger partial charge in [0.2, 0.25) is 10.0 Å². The molecule has 2 aromatic rings. The van der Waals surface area contributed by atoms with Gasteiger partial charge in [-0.05, 0) is 49.6 Å². The third-order valence-corrected chi connectivity index (χ3v) is 7.20. The van der Waals surface area contributed by atoms with E-state index in [2.05, 4.69) is 0 Å². The quantitative estimate of drug-likeness (QED) is 0.714. The molecule has 3 rings (SSSR count). The Morgan fingerprint density at radius 3 is 2.31 bits per heavy atom. The lowest BCUT2D eigenvalue weighted by Crippen LogP contribution is -2.42. The number of hydrogen-bond acceptors (Lipinski definition) is 3. The van der Waals surface area contributed by atoms with Crippen LogP contribution in [0, 0.1) is 6.92 Å². The Hall–Kier alpha value is -1.11. The van der Waals surface area contributed by atoms with Crippen LogP contribution < -0.4 is 0 Å². The molecule has 4 nitrogen and oxygen atoms in total. The number of nitrogens with zero attached hydrogens (tertiary/aromatic N) is 1. The molecule has 0 amide bonds. The van der Waals surface area contributed by atoms with Crippen molar-refractivity contribution in [1.29, 1.82) is 0 Å². The molecule has 7 heteroatoms. The molecule has 140 valence electrons. The SMILES string of the molecule is Cc1ccc(S(=O)(=O)N(Cc2ccc(Cl)c(Cl)c2)C2CCOCC2)cc1. The summed E-state index contributed by atoms with van der Waals surface area (Å²) in [7, 11) is -3.64. The van der Waals surface area contributed by atoms with Gasteiger partial charge in [0.25, 0.3) is 0 Å². The molecule has 0 unspecified atom stereocenters. The lowest BCUT2D eigenvalue weighted by molar-refractivity contribution is 0.0569. The molecule has 1 heterocycles. The van der Waals surface area contributed by atoms with Crippen LogP contribution in [0.4, 0.5) is 0 Å². The number of ether oxygens (including phenoxy) is 1. The van der Waals surface area contributed by atoms with Crippen LogP contribution >= 0.6 is 23.2 Å². The highest BCUT2D eigenvalue weighted by atomic mass is 35.5. The van der Waals surface area contributed by atoms with Crippen LogP contribution in [0.3, 0.4) is 0 Å². The number of rotatable bonds is 5. The first kappa shape index (κ1) is 19.6. The lowest BCUT2D eigenvalue weighted by Gasteiger charge is -2.33. The Kier molecular flexibility index (Phi) is 6.25. The highest BCUT2D eigenvalue weighted by Gasteiger charge is 2.32. The van der Waals surface area contributed by atoms with E-state index in [0.717, 1.165) is 11.1 Å². The maximum atomic E-state index is 13.3. The number of halogens is 2. The molecular formula is C19H21Cl2NO3S. The van der Waals surface area contributed by atoms with Crippen LogP contribution in [0.15, 0.2) is 47.4 Å². The Morgan fingerprint density at radius 1 is 1.04 bits per heavy atom. The Labute approximate surface area is 164 Å². The van der Waals surface area contributed by atoms with Gasteiger partial charge in [0, 0.05) is 25.8 Å². The highest BCUT2D eigenvalue weighted by molar-refractivity contribution is 7.89. The largest absolute Gasteiger partial charge is 0.381 e. The van der Waals surface area contributed by atoms with E-state index in [1.54, 1.807) is 28.6 Å². The minimum absolute atomic E-state index is 0.107. The Bertz CT molecular complexity index is 863. The molecule has 0 saturated carbocycles. The first-order valence-electron chi connectivity index (χ1n) is 8.48. The van der Waals surface area contributed by atoms with Crippen LogP contribution in [0.2, 0.25) is 10.0 Å². The van der Waals surface area contributed by atoms with E-state index in [9.17, 15) is 8.42 Å². The van der Waals surface area contributed by atoms with Crippen molar-refractivity contribution in [1.82, 2.24) is 4.31 Å². The van der Waals surface area contributed by atoms with E-state index in [-0.39, 0.29) is 12.6 Å². The van der Waals surface area contributed by atoms with Crippen molar-refractivity contribution in [2.24, 2.45) is 0 Å². The average Bonchev–Trinajstić information content (AvgIpc) is 2.63. The summed E-state index contributed by atoms with van der Waals surface area (Å²) in [6.45, 7) is 3.30. The van der Waals surface area contributed by atoms with Gasteiger partial charge in [0.15, 0.2) is 0 Å². The minimum Gasteiger partial charge on any atom is -0.381 e. The Morgan fingerprint density at radius 2 is 1.69 bits per heavy atom. The number of hydrogen-bond donors (Lipinski definition) is 0. The molecule has 1 aliphatic rings. The molecule has 0 spiro atoms. The number of benzene rings is 2. The third-order valence-electron chi connectivity index (χ3n) is 4.55. The van der Waals surface area contributed by atoms with Gasteiger partial charge in [-0.25, -0.2) is 8.42 Å². The number of aryl methyl sites for hydroxylation is 1. The molecule has 0 N–H and O–H groups in total. The van der Waals surface area contributed by atoms with E-state index in [1.807, 2.05) is 25.1 Å². The summed E-state index contributed by atoms with van der Waals surface area (Å²) in [5, 5.41) is 0.873. The highest BCUT2D eigenvalue weighted by Crippen LogP contribution is 2.28. The second-order valence-electron chi connectivity index (χ2n) is 6.46. The molecular weight excluding hydrogens is 393 g/mol. The molecule has 0 atom stereocenters. The molecule has 26 heavy (non-hydrogen) atoms. The van der Waals surface area contributed by atoms with Gasteiger partial charge in [-0.1, -0.05) is 47.0 Å². The monoisotopic (exact) mass is 413 g/mol. The zero-order valence-corrected chi connectivity index (χ0v) is 16.8. The molecule has 0 aliphatic carbocycles. The molecule has 1 fully saturated rings. The van der Waals surface area contributed by atoms with Crippen LogP contribution in [0.25, 0.3) is 0 Å². The third kappa shape index (κ3) is 4.41. The van der Waals surface area contributed by atoms with Gasteiger partial charge in [0.1, 0.15) is 0 Å². The van der Waals surface area contributed by atoms with Crippen LogP contribution in [0.1, 0.15) is 24.0 Å². The number of sulfonamides is 1. The van der Waals surface area contributed by atoms with E-state index < -0.39 is 10.0 Å². The maximum Gasteiger partial charge on any atom is 0.243 e. The molecule has 2 aromatic carbocycles.